The summed E-state index contributed by atoms with van der Waals surface area (Å²) in [5.41, 5.74) is 1.80. The van der Waals surface area contributed by atoms with Gasteiger partial charge in [-0.1, -0.05) is 24.3 Å². The molecule has 60 valence electrons. The second kappa shape index (κ2) is 2.81. The van der Waals surface area contributed by atoms with Crippen LogP contribution in [-0.4, -0.2) is 12.3 Å². The molecule has 0 aromatic heterocycles. The Kier molecular flexibility index (Phi) is 1.67. The molecule has 0 amide bonds. The zero-order chi connectivity index (χ0) is 8.39. The van der Waals surface area contributed by atoms with Crippen LogP contribution in [0.5, 0.6) is 0 Å². The van der Waals surface area contributed by atoms with Gasteiger partial charge in [0.1, 0.15) is 0 Å². The van der Waals surface area contributed by atoms with Crippen molar-refractivity contribution in [3.63, 3.8) is 0 Å². The molecule has 2 heteroatoms. The number of hydrogen-bond donors (Lipinski definition) is 1. The fourth-order valence-electron chi connectivity index (χ4n) is 1.29. The molecule has 0 fully saturated rings. The molecule has 1 aliphatic rings. The van der Waals surface area contributed by atoms with E-state index in [2.05, 4.69) is 5.32 Å². The van der Waals surface area contributed by atoms with Crippen LogP contribution in [0.1, 0.15) is 15.9 Å². The topological polar surface area (TPSA) is 29.1 Å². The number of carbonyl (C=O) groups is 1. The first-order valence-corrected chi connectivity index (χ1v) is 3.90. The van der Waals surface area contributed by atoms with Crippen LogP contribution in [0.4, 0.5) is 0 Å². The number of benzene rings is 1. The van der Waals surface area contributed by atoms with Crippen molar-refractivity contribution < 1.29 is 4.79 Å². The number of hydrogen-bond acceptors (Lipinski definition) is 2. The lowest BCUT2D eigenvalue weighted by molar-refractivity contribution is 0.0995. The average molecular weight is 159 g/mol. The van der Waals surface area contributed by atoms with Gasteiger partial charge in [-0.15, -0.1) is 0 Å². The minimum atomic E-state index is 0.149. The van der Waals surface area contributed by atoms with Crippen LogP contribution in [-0.2, 0) is 0 Å². The smallest absolute Gasteiger partial charge is 0.182 e. The quantitative estimate of drug-likeness (QED) is 0.620. The first kappa shape index (κ1) is 7.10. The standard InChI is InChI=1S/C10H9NO/c12-10-7-11-6-5-8-3-1-2-4-9(8)10/h1-6,11H,7H2. The summed E-state index contributed by atoms with van der Waals surface area (Å²) in [6.45, 7) is 0.396. The SMILES string of the molecule is O=C1CNC=Cc2ccccc21. The van der Waals surface area contributed by atoms with Gasteiger partial charge in [0.05, 0.1) is 6.54 Å². The highest BCUT2D eigenvalue weighted by atomic mass is 16.1. The summed E-state index contributed by atoms with van der Waals surface area (Å²) in [5, 5.41) is 2.91. The van der Waals surface area contributed by atoms with Gasteiger partial charge in [0.2, 0.25) is 0 Å². The van der Waals surface area contributed by atoms with E-state index in [4.69, 9.17) is 0 Å². The zero-order valence-corrected chi connectivity index (χ0v) is 6.58. The van der Waals surface area contributed by atoms with Gasteiger partial charge in [-0.25, -0.2) is 0 Å². The first-order valence-electron chi connectivity index (χ1n) is 3.90. The molecule has 0 radical (unpaired) electrons. The largest absolute Gasteiger partial charge is 0.383 e. The Morgan fingerprint density at radius 3 is 3.00 bits per heavy atom. The molecule has 0 aliphatic carbocycles. The molecule has 1 aromatic carbocycles. The van der Waals surface area contributed by atoms with Crippen molar-refractivity contribution in [2.75, 3.05) is 6.54 Å². The van der Waals surface area contributed by atoms with E-state index in [1.807, 2.05) is 36.5 Å². The molecular formula is C10H9NO. The highest BCUT2D eigenvalue weighted by Gasteiger charge is 2.09. The van der Waals surface area contributed by atoms with Gasteiger partial charge in [0, 0.05) is 5.56 Å². The minimum absolute atomic E-state index is 0.149. The summed E-state index contributed by atoms with van der Waals surface area (Å²) in [6.07, 6.45) is 3.73. The van der Waals surface area contributed by atoms with Gasteiger partial charge in [0.15, 0.2) is 5.78 Å². The van der Waals surface area contributed by atoms with E-state index in [0.717, 1.165) is 11.1 Å². The van der Waals surface area contributed by atoms with Crippen LogP contribution in [0, 0.1) is 0 Å². The molecule has 0 bridgehead atoms. The van der Waals surface area contributed by atoms with Crippen LogP contribution in [0.2, 0.25) is 0 Å². The third-order valence-corrected chi connectivity index (χ3v) is 1.90. The molecule has 0 atom stereocenters. The average Bonchev–Trinajstić information content (AvgIpc) is 2.29. The van der Waals surface area contributed by atoms with Crippen molar-refractivity contribution >= 4 is 11.9 Å². The number of rotatable bonds is 0. The maximum atomic E-state index is 11.4. The number of ketones is 1. The Labute approximate surface area is 70.9 Å². The highest BCUT2D eigenvalue weighted by molar-refractivity contribution is 6.01. The number of Topliss-reactive ketones (excluding diaryl/α,β-unsaturated/α-hetero) is 1. The number of nitrogens with one attached hydrogen (secondary N) is 1. The van der Waals surface area contributed by atoms with Crippen molar-refractivity contribution in [1.82, 2.24) is 5.32 Å². The van der Waals surface area contributed by atoms with Gasteiger partial charge in [-0.05, 0) is 17.8 Å². The zero-order valence-electron chi connectivity index (χ0n) is 6.58. The summed E-state index contributed by atoms with van der Waals surface area (Å²) < 4.78 is 0. The number of fused-ring (bicyclic) bond motifs is 1. The van der Waals surface area contributed by atoms with Gasteiger partial charge in [0.25, 0.3) is 0 Å². The summed E-state index contributed by atoms with van der Waals surface area (Å²) in [5.74, 6) is 0.149. The Hall–Kier alpha value is -1.57. The van der Waals surface area contributed by atoms with Crippen LogP contribution in [0.3, 0.4) is 0 Å². The van der Waals surface area contributed by atoms with Crippen LogP contribution in [0.25, 0.3) is 6.08 Å². The maximum absolute atomic E-state index is 11.4. The molecule has 2 nitrogen and oxygen atoms in total. The molecule has 0 unspecified atom stereocenters. The lowest BCUT2D eigenvalue weighted by atomic mass is 10.0. The third-order valence-electron chi connectivity index (χ3n) is 1.90. The second-order valence-electron chi connectivity index (χ2n) is 2.72. The first-order chi connectivity index (χ1) is 5.88. The van der Waals surface area contributed by atoms with Crippen LogP contribution < -0.4 is 5.32 Å². The van der Waals surface area contributed by atoms with E-state index in [1.54, 1.807) is 0 Å². The predicted molar refractivity (Wildman–Crippen MR) is 47.8 cm³/mol. The molecule has 1 aliphatic heterocycles. The Morgan fingerprint density at radius 2 is 2.08 bits per heavy atom. The summed E-state index contributed by atoms with van der Waals surface area (Å²) in [6, 6.07) is 7.61. The molecule has 0 saturated heterocycles. The second-order valence-corrected chi connectivity index (χ2v) is 2.72. The molecular weight excluding hydrogens is 150 g/mol. The molecule has 1 aromatic rings. The van der Waals surface area contributed by atoms with Crippen LogP contribution >= 0.6 is 0 Å². The molecule has 2 rings (SSSR count). The Bertz CT molecular complexity index is 341. The maximum Gasteiger partial charge on any atom is 0.182 e. The van der Waals surface area contributed by atoms with E-state index < -0.39 is 0 Å². The van der Waals surface area contributed by atoms with Crippen molar-refractivity contribution in [3.8, 4) is 0 Å². The summed E-state index contributed by atoms with van der Waals surface area (Å²) >= 11 is 0. The van der Waals surface area contributed by atoms with Gasteiger partial charge >= 0.3 is 0 Å². The van der Waals surface area contributed by atoms with Crippen molar-refractivity contribution in [3.05, 3.63) is 41.6 Å². The van der Waals surface area contributed by atoms with E-state index >= 15 is 0 Å². The molecule has 1 N–H and O–H groups in total. The number of carbonyl (C=O) groups excluding carboxylic acids is 1. The monoisotopic (exact) mass is 159 g/mol. The van der Waals surface area contributed by atoms with E-state index in [0.29, 0.717) is 6.54 Å². The van der Waals surface area contributed by atoms with Gasteiger partial charge < -0.3 is 5.32 Å². The fraction of sp³-hybridized carbons (Fsp3) is 0.100. The fourth-order valence-corrected chi connectivity index (χ4v) is 1.29. The predicted octanol–water partition coefficient (Wildman–Crippen LogP) is 1.44. The van der Waals surface area contributed by atoms with E-state index in [1.165, 1.54) is 0 Å². The molecule has 0 spiro atoms. The lowest BCUT2D eigenvalue weighted by Gasteiger charge is -1.99. The van der Waals surface area contributed by atoms with Crippen LogP contribution in [0.15, 0.2) is 30.5 Å². The minimum Gasteiger partial charge on any atom is -0.383 e. The molecule has 1 heterocycles. The summed E-state index contributed by atoms with van der Waals surface area (Å²) in [7, 11) is 0. The molecule has 0 saturated carbocycles. The van der Waals surface area contributed by atoms with Gasteiger partial charge in [-0.2, -0.15) is 0 Å². The normalized spacial score (nSPS) is 14.8. The highest BCUT2D eigenvalue weighted by Crippen LogP contribution is 2.12. The molecule has 12 heavy (non-hydrogen) atoms. The van der Waals surface area contributed by atoms with Gasteiger partial charge in [-0.3, -0.25) is 4.79 Å². The summed E-state index contributed by atoms with van der Waals surface area (Å²) in [4.78, 5) is 11.4. The third kappa shape index (κ3) is 1.11. The van der Waals surface area contributed by atoms with Crippen molar-refractivity contribution in [2.24, 2.45) is 0 Å². The van der Waals surface area contributed by atoms with E-state index in [-0.39, 0.29) is 5.78 Å². The van der Waals surface area contributed by atoms with Crippen molar-refractivity contribution in [1.29, 1.82) is 0 Å². The lowest BCUT2D eigenvalue weighted by Crippen LogP contribution is -2.16. The Balaban J connectivity index is 2.56. The van der Waals surface area contributed by atoms with E-state index in [9.17, 15) is 4.79 Å². The van der Waals surface area contributed by atoms with Crippen molar-refractivity contribution in [2.45, 2.75) is 0 Å². The Morgan fingerprint density at radius 1 is 1.25 bits per heavy atom.